The molecule has 3 amide bonds. The SMILES string of the molecule is O=C1CN(Cc2ccnc(-c3ncc[nH]3)c2)C(=O)N1c1ccc(SC(F)(F)F)cc1. The van der Waals surface area contributed by atoms with Crippen LogP contribution in [0.1, 0.15) is 5.56 Å². The van der Waals surface area contributed by atoms with E-state index in [0.29, 0.717) is 11.5 Å². The highest BCUT2D eigenvalue weighted by molar-refractivity contribution is 8.00. The predicted octanol–water partition coefficient (Wildman–Crippen LogP) is 4.05. The van der Waals surface area contributed by atoms with Crippen molar-refractivity contribution in [2.24, 2.45) is 0 Å². The summed E-state index contributed by atoms with van der Waals surface area (Å²) in [5.41, 5.74) is -2.82. The van der Waals surface area contributed by atoms with Crippen molar-refractivity contribution in [3.63, 3.8) is 0 Å². The maximum absolute atomic E-state index is 12.8. The predicted molar refractivity (Wildman–Crippen MR) is 103 cm³/mol. The summed E-state index contributed by atoms with van der Waals surface area (Å²) in [6, 6.07) is 8.08. The number of aromatic amines is 1. The number of nitrogens with one attached hydrogen (secondary N) is 1. The first kappa shape index (κ1) is 20.0. The Hall–Kier alpha value is -3.34. The summed E-state index contributed by atoms with van der Waals surface area (Å²) in [5.74, 6) is 0.135. The van der Waals surface area contributed by atoms with Crippen molar-refractivity contribution in [1.82, 2.24) is 19.9 Å². The number of thioether (sulfide) groups is 1. The number of carbonyl (C=O) groups excluding carboxylic acids is 2. The Morgan fingerprint density at radius 2 is 1.83 bits per heavy atom. The maximum Gasteiger partial charge on any atom is 0.446 e. The molecular formula is C19H14F3N5O2S. The van der Waals surface area contributed by atoms with Crippen molar-refractivity contribution in [3.8, 4) is 11.5 Å². The minimum Gasteiger partial charge on any atom is -0.343 e. The van der Waals surface area contributed by atoms with E-state index in [9.17, 15) is 22.8 Å². The number of anilines is 1. The summed E-state index contributed by atoms with van der Waals surface area (Å²) in [6.07, 6.45) is 4.86. The third kappa shape index (κ3) is 4.30. The standard InChI is InChI=1S/C19H14F3N5O2S/c20-19(21,22)30-14-3-1-13(2-4-14)27-16(28)11-26(18(27)29)10-12-5-6-23-15(9-12)17-24-7-8-25-17/h1-9H,10-11H2,(H,24,25). The van der Waals surface area contributed by atoms with Gasteiger partial charge in [-0.2, -0.15) is 13.2 Å². The molecule has 0 saturated carbocycles. The Kier molecular flexibility index (Phi) is 5.20. The van der Waals surface area contributed by atoms with Gasteiger partial charge in [0.1, 0.15) is 12.2 Å². The third-order valence-corrected chi connectivity index (χ3v) is 5.04. The fraction of sp³-hybridized carbons (Fsp3) is 0.158. The number of hydrogen-bond acceptors (Lipinski definition) is 5. The average molecular weight is 433 g/mol. The lowest BCUT2D eigenvalue weighted by molar-refractivity contribution is -0.116. The van der Waals surface area contributed by atoms with Gasteiger partial charge in [0.05, 0.1) is 5.69 Å². The maximum atomic E-state index is 12.8. The Bertz CT molecular complexity index is 1070. The van der Waals surface area contributed by atoms with E-state index in [-0.39, 0.29) is 35.4 Å². The average Bonchev–Trinajstić information content (AvgIpc) is 3.31. The Balaban J connectivity index is 1.49. The molecule has 0 unspecified atom stereocenters. The van der Waals surface area contributed by atoms with Gasteiger partial charge in [-0.25, -0.2) is 14.7 Å². The van der Waals surface area contributed by atoms with E-state index >= 15 is 0 Å². The Morgan fingerprint density at radius 3 is 2.50 bits per heavy atom. The summed E-state index contributed by atoms with van der Waals surface area (Å²) in [7, 11) is 0. The number of hydrogen-bond donors (Lipinski definition) is 1. The van der Waals surface area contributed by atoms with Gasteiger partial charge in [-0.3, -0.25) is 9.78 Å². The molecule has 11 heteroatoms. The molecule has 1 saturated heterocycles. The molecule has 7 nitrogen and oxygen atoms in total. The van der Waals surface area contributed by atoms with Gasteiger partial charge < -0.3 is 9.88 Å². The summed E-state index contributed by atoms with van der Waals surface area (Å²) in [5, 5.41) is 0. The number of carbonyl (C=O) groups is 2. The van der Waals surface area contributed by atoms with E-state index in [4.69, 9.17) is 0 Å². The lowest BCUT2D eigenvalue weighted by atomic mass is 10.2. The number of nitrogens with zero attached hydrogens (tertiary/aromatic N) is 4. The van der Waals surface area contributed by atoms with Crippen LogP contribution in [0.2, 0.25) is 0 Å². The van der Waals surface area contributed by atoms with Crippen LogP contribution in [0, 0.1) is 0 Å². The number of aromatic nitrogens is 3. The Morgan fingerprint density at radius 1 is 1.07 bits per heavy atom. The van der Waals surface area contributed by atoms with Gasteiger partial charge in [0.15, 0.2) is 5.82 Å². The van der Waals surface area contributed by atoms with E-state index in [2.05, 4.69) is 15.0 Å². The van der Waals surface area contributed by atoms with Crippen LogP contribution in [0.25, 0.3) is 11.5 Å². The van der Waals surface area contributed by atoms with Gasteiger partial charge in [0.25, 0.3) is 5.91 Å². The van der Waals surface area contributed by atoms with Crippen LogP contribution in [0.5, 0.6) is 0 Å². The van der Waals surface area contributed by atoms with E-state index in [1.165, 1.54) is 29.2 Å². The van der Waals surface area contributed by atoms with E-state index in [1.807, 2.05) is 0 Å². The van der Waals surface area contributed by atoms with E-state index in [1.54, 1.807) is 30.7 Å². The second-order valence-electron chi connectivity index (χ2n) is 6.40. The number of imide groups is 1. The first-order valence-corrected chi connectivity index (χ1v) is 9.54. The molecule has 2 aromatic heterocycles. The second-order valence-corrected chi connectivity index (χ2v) is 7.54. The van der Waals surface area contributed by atoms with Crippen LogP contribution in [0.15, 0.2) is 59.9 Å². The molecule has 1 fully saturated rings. The van der Waals surface area contributed by atoms with Gasteiger partial charge >= 0.3 is 11.5 Å². The van der Waals surface area contributed by atoms with Crippen molar-refractivity contribution >= 4 is 29.4 Å². The topological polar surface area (TPSA) is 82.2 Å². The molecule has 1 aromatic carbocycles. The van der Waals surface area contributed by atoms with Crippen LogP contribution in [-0.2, 0) is 11.3 Å². The summed E-state index contributed by atoms with van der Waals surface area (Å²) >= 11 is -0.256. The number of pyridine rings is 1. The van der Waals surface area contributed by atoms with E-state index in [0.717, 1.165) is 10.5 Å². The van der Waals surface area contributed by atoms with Crippen LogP contribution in [0.3, 0.4) is 0 Å². The number of halogens is 3. The van der Waals surface area contributed by atoms with Gasteiger partial charge in [0, 0.05) is 30.0 Å². The monoisotopic (exact) mass is 433 g/mol. The van der Waals surface area contributed by atoms with Crippen LogP contribution in [-0.4, -0.2) is 43.8 Å². The first-order valence-electron chi connectivity index (χ1n) is 8.72. The molecule has 4 rings (SSSR count). The molecule has 1 aliphatic rings. The highest BCUT2D eigenvalue weighted by Gasteiger charge is 2.37. The highest BCUT2D eigenvalue weighted by Crippen LogP contribution is 2.37. The van der Waals surface area contributed by atoms with Crippen LogP contribution >= 0.6 is 11.8 Å². The molecular weight excluding hydrogens is 419 g/mol. The molecule has 0 bridgehead atoms. The molecule has 0 atom stereocenters. The van der Waals surface area contributed by atoms with Crippen molar-refractivity contribution < 1.29 is 22.8 Å². The van der Waals surface area contributed by atoms with Gasteiger partial charge in [-0.1, -0.05) is 0 Å². The van der Waals surface area contributed by atoms with Gasteiger partial charge in [0.2, 0.25) is 0 Å². The van der Waals surface area contributed by atoms with E-state index < -0.39 is 17.4 Å². The quantitative estimate of drug-likeness (QED) is 0.485. The summed E-state index contributed by atoms with van der Waals surface area (Å²) in [6.45, 7) is 0.0512. The third-order valence-electron chi connectivity index (χ3n) is 4.30. The van der Waals surface area contributed by atoms with Gasteiger partial charge in [-0.15, -0.1) is 0 Å². The minimum absolute atomic E-state index is 0.0237. The molecule has 154 valence electrons. The minimum atomic E-state index is -4.41. The smallest absolute Gasteiger partial charge is 0.343 e. The van der Waals surface area contributed by atoms with Crippen LogP contribution in [0.4, 0.5) is 23.7 Å². The van der Waals surface area contributed by atoms with Crippen molar-refractivity contribution in [2.45, 2.75) is 16.9 Å². The van der Waals surface area contributed by atoms with Crippen LogP contribution < -0.4 is 4.90 Å². The molecule has 3 aromatic rings. The van der Waals surface area contributed by atoms with Crippen molar-refractivity contribution in [3.05, 3.63) is 60.6 Å². The fourth-order valence-electron chi connectivity index (χ4n) is 3.05. The number of benzene rings is 1. The number of alkyl halides is 3. The molecule has 30 heavy (non-hydrogen) atoms. The molecule has 0 spiro atoms. The fourth-order valence-corrected chi connectivity index (χ4v) is 3.59. The number of urea groups is 1. The number of rotatable bonds is 5. The molecule has 1 aliphatic heterocycles. The molecule has 0 aliphatic carbocycles. The number of imidazole rings is 1. The lowest BCUT2D eigenvalue weighted by Crippen LogP contribution is -2.32. The zero-order valence-electron chi connectivity index (χ0n) is 15.3. The summed E-state index contributed by atoms with van der Waals surface area (Å²) < 4.78 is 37.4. The molecule has 3 heterocycles. The van der Waals surface area contributed by atoms with Gasteiger partial charge in [-0.05, 0) is 53.7 Å². The van der Waals surface area contributed by atoms with Crippen molar-refractivity contribution in [1.29, 1.82) is 0 Å². The largest absolute Gasteiger partial charge is 0.446 e. The zero-order chi connectivity index (χ0) is 21.3. The normalized spacial score (nSPS) is 14.6. The molecule has 1 N–H and O–H groups in total. The zero-order valence-corrected chi connectivity index (χ0v) is 16.1. The number of amides is 3. The highest BCUT2D eigenvalue weighted by atomic mass is 32.2. The van der Waals surface area contributed by atoms with Crippen molar-refractivity contribution in [2.75, 3.05) is 11.4 Å². The second kappa shape index (κ2) is 7.82. The number of H-pyrrole nitrogens is 1. The lowest BCUT2D eigenvalue weighted by Gasteiger charge is -2.17. The Labute approximate surface area is 172 Å². The first-order chi connectivity index (χ1) is 14.3. The summed E-state index contributed by atoms with van der Waals surface area (Å²) in [4.78, 5) is 38.8. The molecule has 0 radical (unpaired) electrons.